The second kappa shape index (κ2) is 8.84. The summed E-state index contributed by atoms with van der Waals surface area (Å²) in [5.74, 6) is -1.00. The Morgan fingerprint density at radius 3 is 2.42 bits per heavy atom. The molecule has 7 nitrogen and oxygen atoms in total. The van der Waals surface area contributed by atoms with Gasteiger partial charge in [0, 0.05) is 25.2 Å². The number of aromatic nitrogens is 1. The summed E-state index contributed by atoms with van der Waals surface area (Å²) in [5, 5.41) is 5.48. The minimum atomic E-state index is -0.490. The van der Waals surface area contributed by atoms with Gasteiger partial charge in [-0.3, -0.25) is 9.59 Å². The van der Waals surface area contributed by atoms with Gasteiger partial charge in [-0.1, -0.05) is 30.3 Å². The third-order valence-corrected chi connectivity index (χ3v) is 4.02. The highest BCUT2D eigenvalue weighted by Crippen LogP contribution is 2.18. The van der Waals surface area contributed by atoms with Crippen molar-refractivity contribution in [2.75, 3.05) is 13.7 Å². The van der Waals surface area contributed by atoms with Gasteiger partial charge in [0.15, 0.2) is 0 Å². The zero-order valence-corrected chi connectivity index (χ0v) is 15.1. The van der Waals surface area contributed by atoms with Crippen molar-refractivity contribution >= 4 is 17.8 Å². The molecule has 2 amide bonds. The lowest BCUT2D eigenvalue weighted by Gasteiger charge is -2.07. The van der Waals surface area contributed by atoms with Crippen molar-refractivity contribution in [1.29, 1.82) is 0 Å². The van der Waals surface area contributed by atoms with Crippen LogP contribution in [0.2, 0.25) is 0 Å². The summed E-state index contributed by atoms with van der Waals surface area (Å²) in [6.45, 7) is 4.03. The normalized spacial score (nSPS) is 10.3. The Hall–Kier alpha value is -3.09. The van der Waals surface area contributed by atoms with E-state index in [9.17, 15) is 14.4 Å². The molecule has 0 unspecified atom stereocenters. The van der Waals surface area contributed by atoms with Gasteiger partial charge in [-0.2, -0.15) is 0 Å². The molecule has 0 saturated heterocycles. The van der Waals surface area contributed by atoms with Gasteiger partial charge in [-0.25, -0.2) is 4.79 Å². The fourth-order valence-electron chi connectivity index (χ4n) is 2.65. The van der Waals surface area contributed by atoms with E-state index >= 15 is 0 Å². The number of nitrogens with one attached hydrogen (secondary N) is 3. The Kier molecular flexibility index (Phi) is 6.54. The minimum absolute atomic E-state index is 0.149. The molecular weight excluding hydrogens is 334 g/mol. The number of rotatable bonds is 7. The third-order valence-electron chi connectivity index (χ3n) is 4.02. The van der Waals surface area contributed by atoms with Crippen molar-refractivity contribution in [1.82, 2.24) is 15.6 Å². The fraction of sp³-hybridized carbons (Fsp3) is 0.316. The van der Waals surface area contributed by atoms with E-state index in [1.807, 2.05) is 30.3 Å². The molecule has 0 fully saturated rings. The average Bonchev–Trinajstić information content (AvgIpc) is 2.94. The van der Waals surface area contributed by atoms with E-state index in [1.54, 1.807) is 13.8 Å². The van der Waals surface area contributed by atoms with Gasteiger partial charge in [0.1, 0.15) is 5.69 Å². The second-order valence-corrected chi connectivity index (χ2v) is 5.88. The zero-order chi connectivity index (χ0) is 19.1. The lowest BCUT2D eigenvalue weighted by molar-refractivity contribution is -0.121. The van der Waals surface area contributed by atoms with Crippen LogP contribution in [0.3, 0.4) is 0 Å². The number of hydrogen-bond acceptors (Lipinski definition) is 4. The number of ether oxygens (including phenoxy) is 1. The molecule has 0 radical (unpaired) electrons. The Bertz CT molecular complexity index is 797. The van der Waals surface area contributed by atoms with Gasteiger partial charge in [0.05, 0.1) is 12.7 Å². The molecule has 26 heavy (non-hydrogen) atoms. The standard InChI is InChI=1S/C19H23N3O4/c1-12-16(19(25)26-3)13(2)22-17(12)18(24)20-10-9-15(23)21-11-14-7-5-4-6-8-14/h4-8,22H,9-11H2,1-3H3,(H,20,24)(H,21,23). The number of aryl methyl sites for hydroxylation is 1. The van der Waals surface area contributed by atoms with Crippen LogP contribution in [0.4, 0.5) is 0 Å². The number of hydrogen-bond donors (Lipinski definition) is 3. The Balaban J connectivity index is 1.83. The van der Waals surface area contributed by atoms with E-state index in [2.05, 4.69) is 15.6 Å². The van der Waals surface area contributed by atoms with Crippen LogP contribution in [-0.2, 0) is 16.1 Å². The Morgan fingerprint density at radius 2 is 1.77 bits per heavy atom. The van der Waals surface area contributed by atoms with Crippen LogP contribution in [0.25, 0.3) is 0 Å². The van der Waals surface area contributed by atoms with Gasteiger partial charge in [0.25, 0.3) is 5.91 Å². The SMILES string of the molecule is COC(=O)c1c(C)[nH]c(C(=O)NCCC(=O)NCc2ccccc2)c1C. The summed E-state index contributed by atoms with van der Waals surface area (Å²) in [7, 11) is 1.29. The number of methoxy groups -OCH3 is 1. The van der Waals surface area contributed by atoms with Crippen LogP contribution >= 0.6 is 0 Å². The minimum Gasteiger partial charge on any atom is -0.465 e. The highest BCUT2D eigenvalue weighted by atomic mass is 16.5. The van der Waals surface area contributed by atoms with Gasteiger partial charge in [-0.15, -0.1) is 0 Å². The monoisotopic (exact) mass is 357 g/mol. The molecule has 2 aromatic rings. The molecule has 1 heterocycles. The van der Waals surface area contributed by atoms with Crippen molar-refractivity contribution in [3.63, 3.8) is 0 Å². The second-order valence-electron chi connectivity index (χ2n) is 5.88. The molecular formula is C19H23N3O4. The molecule has 0 aliphatic carbocycles. The Morgan fingerprint density at radius 1 is 1.08 bits per heavy atom. The maximum absolute atomic E-state index is 12.3. The molecule has 138 valence electrons. The largest absolute Gasteiger partial charge is 0.465 e. The maximum Gasteiger partial charge on any atom is 0.339 e. The van der Waals surface area contributed by atoms with Gasteiger partial charge >= 0.3 is 5.97 Å². The first-order valence-corrected chi connectivity index (χ1v) is 8.30. The summed E-state index contributed by atoms with van der Waals surface area (Å²) >= 11 is 0. The van der Waals surface area contributed by atoms with Crippen LogP contribution in [-0.4, -0.2) is 36.4 Å². The topological polar surface area (TPSA) is 100 Å². The molecule has 2 rings (SSSR count). The summed E-state index contributed by atoms with van der Waals surface area (Å²) in [5.41, 5.74) is 2.77. The summed E-state index contributed by atoms with van der Waals surface area (Å²) in [4.78, 5) is 38.8. The number of carbonyl (C=O) groups is 3. The smallest absolute Gasteiger partial charge is 0.339 e. The van der Waals surface area contributed by atoms with Crippen LogP contribution in [0, 0.1) is 13.8 Å². The van der Waals surface area contributed by atoms with Crippen LogP contribution in [0.1, 0.15) is 44.1 Å². The molecule has 7 heteroatoms. The molecule has 0 spiro atoms. The molecule has 3 N–H and O–H groups in total. The molecule has 0 atom stereocenters. The first kappa shape index (κ1) is 19.2. The highest BCUT2D eigenvalue weighted by molar-refractivity contribution is 6.00. The predicted molar refractivity (Wildman–Crippen MR) is 96.8 cm³/mol. The fourth-order valence-corrected chi connectivity index (χ4v) is 2.65. The molecule has 0 aliphatic rings. The number of H-pyrrole nitrogens is 1. The molecule has 0 aliphatic heterocycles. The molecule has 1 aromatic heterocycles. The first-order chi connectivity index (χ1) is 12.4. The van der Waals surface area contributed by atoms with E-state index < -0.39 is 5.97 Å². The van der Waals surface area contributed by atoms with Crippen LogP contribution in [0.15, 0.2) is 30.3 Å². The Labute approximate surface area is 152 Å². The lowest BCUT2D eigenvalue weighted by Crippen LogP contribution is -2.31. The van der Waals surface area contributed by atoms with Crippen molar-refractivity contribution in [3.05, 3.63) is 58.4 Å². The van der Waals surface area contributed by atoms with E-state index in [-0.39, 0.29) is 24.8 Å². The van der Waals surface area contributed by atoms with E-state index in [0.717, 1.165) is 5.56 Å². The van der Waals surface area contributed by atoms with Crippen molar-refractivity contribution in [2.24, 2.45) is 0 Å². The van der Waals surface area contributed by atoms with Gasteiger partial charge < -0.3 is 20.4 Å². The summed E-state index contributed by atoms with van der Waals surface area (Å²) < 4.78 is 4.72. The average molecular weight is 357 g/mol. The van der Waals surface area contributed by atoms with Crippen molar-refractivity contribution in [2.45, 2.75) is 26.8 Å². The lowest BCUT2D eigenvalue weighted by atomic mass is 10.1. The maximum atomic E-state index is 12.3. The van der Waals surface area contributed by atoms with Crippen LogP contribution < -0.4 is 10.6 Å². The first-order valence-electron chi connectivity index (χ1n) is 8.30. The van der Waals surface area contributed by atoms with E-state index in [0.29, 0.717) is 29.1 Å². The zero-order valence-electron chi connectivity index (χ0n) is 15.1. The predicted octanol–water partition coefficient (Wildman–Crippen LogP) is 1.85. The molecule has 0 bridgehead atoms. The van der Waals surface area contributed by atoms with E-state index in [4.69, 9.17) is 4.74 Å². The van der Waals surface area contributed by atoms with Gasteiger partial charge in [0.2, 0.25) is 5.91 Å². The summed E-state index contributed by atoms with van der Waals surface area (Å²) in [6.07, 6.45) is 0.168. The number of benzene rings is 1. The van der Waals surface area contributed by atoms with Crippen LogP contribution in [0.5, 0.6) is 0 Å². The third kappa shape index (κ3) is 4.72. The van der Waals surface area contributed by atoms with E-state index in [1.165, 1.54) is 7.11 Å². The highest BCUT2D eigenvalue weighted by Gasteiger charge is 2.22. The molecule has 1 aromatic carbocycles. The number of carbonyl (C=O) groups excluding carboxylic acids is 3. The summed E-state index contributed by atoms with van der Waals surface area (Å²) in [6, 6.07) is 9.58. The number of aromatic amines is 1. The number of amides is 2. The van der Waals surface area contributed by atoms with Crippen molar-refractivity contribution < 1.29 is 19.1 Å². The number of esters is 1. The van der Waals surface area contributed by atoms with Gasteiger partial charge in [-0.05, 0) is 25.0 Å². The molecule has 0 saturated carbocycles. The van der Waals surface area contributed by atoms with Crippen molar-refractivity contribution in [3.8, 4) is 0 Å². The quantitative estimate of drug-likeness (QED) is 0.659.